The second-order valence-corrected chi connectivity index (χ2v) is 9.13. The fourth-order valence-electron chi connectivity index (χ4n) is 4.79. The summed E-state index contributed by atoms with van der Waals surface area (Å²) in [7, 11) is 1.68. The molecule has 0 aliphatic carbocycles. The molecule has 0 aromatic heterocycles. The molecule has 0 spiro atoms. The molecule has 6 heteroatoms. The summed E-state index contributed by atoms with van der Waals surface area (Å²) in [6.45, 7) is 3.77. The van der Waals surface area contributed by atoms with Gasteiger partial charge in [0.2, 0.25) is 5.91 Å². The van der Waals surface area contributed by atoms with E-state index in [0.29, 0.717) is 29.9 Å². The molecule has 0 unspecified atom stereocenters. The van der Waals surface area contributed by atoms with Gasteiger partial charge in [-0.1, -0.05) is 23.8 Å². The van der Waals surface area contributed by atoms with Crippen LogP contribution in [0.15, 0.2) is 42.5 Å². The highest BCUT2D eigenvalue weighted by Crippen LogP contribution is 2.26. The Bertz CT molecular complexity index is 1020. The normalized spacial score (nSPS) is 16.3. The van der Waals surface area contributed by atoms with Gasteiger partial charge in [-0.25, -0.2) is 0 Å². The van der Waals surface area contributed by atoms with Crippen LogP contribution < -0.4 is 4.74 Å². The first-order chi connectivity index (χ1) is 16.0. The van der Waals surface area contributed by atoms with Gasteiger partial charge in [0.05, 0.1) is 18.2 Å². The van der Waals surface area contributed by atoms with Crippen molar-refractivity contribution < 1.29 is 19.1 Å². The van der Waals surface area contributed by atoms with Gasteiger partial charge in [0.15, 0.2) is 0 Å². The molecule has 0 atom stereocenters. The number of piperidine rings is 1. The molecule has 33 heavy (non-hydrogen) atoms. The van der Waals surface area contributed by atoms with Crippen LogP contribution in [0.3, 0.4) is 0 Å². The van der Waals surface area contributed by atoms with E-state index in [9.17, 15) is 14.4 Å². The molecule has 174 valence electrons. The topological polar surface area (TPSA) is 66.9 Å². The lowest BCUT2D eigenvalue weighted by Crippen LogP contribution is -2.39. The third-order valence-electron chi connectivity index (χ3n) is 6.87. The lowest BCUT2D eigenvalue weighted by Gasteiger charge is -2.32. The molecule has 2 aliphatic heterocycles. The Balaban J connectivity index is 1.18. The summed E-state index contributed by atoms with van der Waals surface area (Å²) in [5.41, 5.74) is 3.22. The number of amides is 3. The van der Waals surface area contributed by atoms with Crippen LogP contribution in [0.4, 0.5) is 0 Å². The summed E-state index contributed by atoms with van der Waals surface area (Å²) in [6.07, 6.45) is 5.10. The molecule has 2 heterocycles. The van der Waals surface area contributed by atoms with Crippen molar-refractivity contribution in [2.45, 2.75) is 45.4 Å². The number of fused-ring (bicyclic) bond motifs is 1. The first-order valence-corrected chi connectivity index (χ1v) is 11.8. The van der Waals surface area contributed by atoms with Crippen LogP contribution in [0.1, 0.15) is 63.9 Å². The van der Waals surface area contributed by atoms with Gasteiger partial charge in [-0.2, -0.15) is 0 Å². The zero-order chi connectivity index (χ0) is 23.4. The Hall–Kier alpha value is -3.15. The summed E-state index contributed by atoms with van der Waals surface area (Å²) in [5, 5.41) is 0. The molecular formula is C27H32N2O4. The van der Waals surface area contributed by atoms with Crippen LogP contribution in [0.5, 0.6) is 5.75 Å². The molecule has 6 nitrogen and oxygen atoms in total. The van der Waals surface area contributed by atoms with Gasteiger partial charge in [0, 0.05) is 26.1 Å². The average molecular weight is 449 g/mol. The van der Waals surface area contributed by atoms with Crippen LogP contribution in [-0.4, -0.2) is 54.3 Å². The number of carbonyl (C=O) groups is 3. The van der Waals surface area contributed by atoms with E-state index in [1.165, 1.54) is 10.5 Å². The molecule has 4 rings (SSSR count). The van der Waals surface area contributed by atoms with Crippen molar-refractivity contribution in [3.8, 4) is 5.75 Å². The molecule has 0 radical (unpaired) electrons. The number of hydrogen-bond acceptors (Lipinski definition) is 4. The van der Waals surface area contributed by atoms with E-state index in [4.69, 9.17) is 4.74 Å². The highest BCUT2D eigenvalue weighted by Gasteiger charge is 2.35. The molecule has 0 N–H and O–H groups in total. The molecule has 3 amide bonds. The van der Waals surface area contributed by atoms with Gasteiger partial charge in [-0.15, -0.1) is 0 Å². The first-order valence-electron chi connectivity index (χ1n) is 11.8. The van der Waals surface area contributed by atoms with E-state index in [2.05, 4.69) is 12.1 Å². The summed E-state index contributed by atoms with van der Waals surface area (Å²) in [6, 6.07) is 13.6. The van der Waals surface area contributed by atoms with Crippen molar-refractivity contribution in [2.24, 2.45) is 5.92 Å². The zero-order valence-electron chi connectivity index (χ0n) is 19.5. The molecular weight excluding hydrogens is 416 g/mol. The smallest absolute Gasteiger partial charge is 0.261 e. The molecule has 0 bridgehead atoms. The number of ether oxygens (including phenoxy) is 1. The summed E-state index contributed by atoms with van der Waals surface area (Å²) < 4.78 is 5.21. The van der Waals surface area contributed by atoms with Gasteiger partial charge < -0.3 is 9.64 Å². The largest absolute Gasteiger partial charge is 0.497 e. The van der Waals surface area contributed by atoms with Gasteiger partial charge in [-0.3, -0.25) is 19.3 Å². The molecule has 2 aliphatic rings. The Morgan fingerprint density at radius 2 is 1.70 bits per heavy atom. The summed E-state index contributed by atoms with van der Waals surface area (Å²) in [4.78, 5) is 41.0. The number of benzene rings is 2. The summed E-state index contributed by atoms with van der Waals surface area (Å²) >= 11 is 0. The number of likely N-dealkylation sites (tertiary alicyclic amines) is 1. The number of methoxy groups -OCH3 is 1. The molecule has 0 saturated carbocycles. The standard InChI is InChI=1S/C27H32N2O4/c1-19-5-12-23-24(18-19)27(32)29(26(23)31)15-3-4-25(30)28-16-13-21(14-17-28)7-6-20-8-10-22(33-2)11-9-20/h5,8-12,18,21H,3-4,6-7,13-17H2,1-2H3. The number of aryl methyl sites for hydroxylation is 2. The van der Waals surface area contributed by atoms with E-state index >= 15 is 0 Å². The molecule has 2 aromatic rings. The second-order valence-electron chi connectivity index (χ2n) is 9.13. The van der Waals surface area contributed by atoms with Crippen molar-refractivity contribution in [1.82, 2.24) is 9.80 Å². The maximum atomic E-state index is 12.7. The molecule has 2 aromatic carbocycles. The van der Waals surface area contributed by atoms with Crippen molar-refractivity contribution >= 4 is 17.7 Å². The predicted molar refractivity (Wildman–Crippen MR) is 126 cm³/mol. The van der Waals surface area contributed by atoms with E-state index in [1.54, 1.807) is 19.2 Å². The van der Waals surface area contributed by atoms with E-state index in [-0.39, 0.29) is 24.3 Å². The van der Waals surface area contributed by atoms with Crippen LogP contribution in [0.2, 0.25) is 0 Å². The van der Waals surface area contributed by atoms with E-state index in [1.807, 2.05) is 30.0 Å². The highest BCUT2D eigenvalue weighted by atomic mass is 16.5. The minimum absolute atomic E-state index is 0.121. The van der Waals surface area contributed by atoms with Crippen LogP contribution >= 0.6 is 0 Å². The number of rotatable bonds is 8. The van der Waals surface area contributed by atoms with Gasteiger partial charge >= 0.3 is 0 Å². The number of carbonyl (C=O) groups excluding carboxylic acids is 3. The van der Waals surface area contributed by atoms with Crippen LogP contribution in [0.25, 0.3) is 0 Å². The Kier molecular flexibility index (Phi) is 7.11. The molecule has 1 fully saturated rings. The second kappa shape index (κ2) is 10.2. The minimum atomic E-state index is -0.250. The van der Waals surface area contributed by atoms with Gasteiger partial charge in [-0.05, 0) is 74.8 Å². The lowest BCUT2D eigenvalue weighted by molar-refractivity contribution is -0.132. The summed E-state index contributed by atoms with van der Waals surface area (Å²) in [5.74, 6) is 1.14. The zero-order valence-corrected chi connectivity index (χ0v) is 19.5. The third-order valence-corrected chi connectivity index (χ3v) is 6.87. The molecule has 1 saturated heterocycles. The SMILES string of the molecule is COc1ccc(CCC2CCN(C(=O)CCCN3C(=O)c4ccc(C)cc4C3=O)CC2)cc1. The van der Waals surface area contributed by atoms with Crippen molar-refractivity contribution in [3.63, 3.8) is 0 Å². The maximum Gasteiger partial charge on any atom is 0.261 e. The van der Waals surface area contributed by atoms with Crippen LogP contribution in [0, 0.1) is 12.8 Å². The third kappa shape index (κ3) is 5.27. The Morgan fingerprint density at radius 3 is 2.39 bits per heavy atom. The van der Waals surface area contributed by atoms with E-state index < -0.39 is 0 Å². The number of hydrogen-bond donors (Lipinski definition) is 0. The fourth-order valence-corrected chi connectivity index (χ4v) is 4.79. The maximum absolute atomic E-state index is 12.7. The van der Waals surface area contributed by atoms with Crippen molar-refractivity contribution in [2.75, 3.05) is 26.7 Å². The van der Waals surface area contributed by atoms with Crippen molar-refractivity contribution in [3.05, 3.63) is 64.7 Å². The van der Waals surface area contributed by atoms with Gasteiger partial charge in [0.25, 0.3) is 11.8 Å². The first kappa shape index (κ1) is 23.0. The van der Waals surface area contributed by atoms with Gasteiger partial charge in [0.1, 0.15) is 5.75 Å². The Morgan fingerprint density at radius 1 is 1.00 bits per heavy atom. The van der Waals surface area contributed by atoms with Crippen LogP contribution in [-0.2, 0) is 11.2 Å². The van der Waals surface area contributed by atoms with Crippen molar-refractivity contribution in [1.29, 1.82) is 0 Å². The number of nitrogens with zero attached hydrogens (tertiary/aromatic N) is 2. The predicted octanol–water partition coefficient (Wildman–Crippen LogP) is 4.25. The Labute approximate surface area is 195 Å². The number of imide groups is 1. The fraction of sp³-hybridized carbons (Fsp3) is 0.444. The quantitative estimate of drug-likeness (QED) is 0.566. The monoisotopic (exact) mass is 448 g/mol. The van der Waals surface area contributed by atoms with E-state index in [0.717, 1.165) is 50.1 Å². The average Bonchev–Trinajstić information content (AvgIpc) is 3.07. The highest BCUT2D eigenvalue weighted by molar-refractivity contribution is 6.21. The lowest BCUT2D eigenvalue weighted by atomic mass is 9.90. The minimum Gasteiger partial charge on any atom is -0.497 e.